The van der Waals surface area contributed by atoms with Crippen LogP contribution >= 0.6 is 12.4 Å². The molecule has 82 valence electrons. The van der Waals surface area contributed by atoms with Gasteiger partial charge in [0.25, 0.3) is 0 Å². The minimum absolute atomic E-state index is 0. The maximum absolute atomic E-state index is 11.3. The molecule has 1 saturated heterocycles. The highest BCUT2D eigenvalue weighted by Gasteiger charge is 2.24. The molecule has 0 saturated carbocycles. The lowest BCUT2D eigenvalue weighted by molar-refractivity contribution is -0.133. The maximum atomic E-state index is 11.3. The predicted octanol–water partition coefficient (Wildman–Crippen LogP) is -1.03. The number of piperazine rings is 1. The van der Waals surface area contributed by atoms with Crippen LogP contribution in [0, 0.1) is 0 Å². The molecule has 0 spiro atoms. The Kier molecular flexibility index (Phi) is 5.49. The van der Waals surface area contributed by atoms with Gasteiger partial charge in [0, 0.05) is 27.2 Å². The van der Waals surface area contributed by atoms with E-state index in [9.17, 15) is 9.59 Å². The Morgan fingerprint density at radius 2 is 2.14 bits per heavy atom. The molecule has 0 bridgehead atoms. The summed E-state index contributed by atoms with van der Waals surface area (Å²) in [6.07, 6.45) is 0.235. The molecular weight excluding hydrogens is 206 g/mol. The second-order valence-corrected chi connectivity index (χ2v) is 3.29. The van der Waals surface area contributed by atoms with Gasteiger partial charge in [0.1, 0.15) is 0 Å². The topological polar surface area (TPSA) is 61.4 Å². The summed E-state index contributed by atoms with van der Waals surface area (Å²) in [5, 5.41) is 5.70. The van der Waals surface area contributed by atoms with Crippen LogP contribution in [0.5, 0.6) is 0 Å². The minimum Gasteiger partial charge on any atom is -0.353 e. The van der Waals surface area contributed by atoms with Crippen LogP contribution in [0.3, 0.4) is 0 Å². The van der Waals surface area contributed by atoms with Gasteiger partial charge >= 0.3 is 0 Å². The highest BCUT2D eigenvalue weighted by atomic mass is 35.5. The second-order valence-electron chi connectivity index (χ2n) is 3.29. The third-order valence-corrected chi connectivity index (χ3v) is 2.01. The van der Waals surface area contributed by atoms with E-state index < -0.39 is 0 Å². The zero-order valence-electron chi connectivity index (χ0n) is 8.37. The van der Waals surface area contributed by atoms with Crippen molar-refractivity contribution in [3.63, 3.8) is 0 Å². The van der Waals surface area contributed by atoms with Crippen LogP contribution in [0.4, 0.5) is 0 Å². The van der Waals surface area contributed by atoms with Gasteiger partial charge in [-0.2, -0.15) is 0 Å². The summed E-state index contributed by atoms with van der Waals surface area (Å²) in [6, 6.07) is -0.358. The van der Waals surface area contributed by atoms with Crippen LogP contribution in [-0.4, -0.2) is 49.9 Å². The molecule has 5 nitrogen and oxygen atoms in total. The first-order valence-corrected chi connectivity index (χ1v) is 4.32. The summed E-state index contributed by atoms with van der Waals surface area (Å²) in [5.74, 6) is -0.115. The number of nitrogens with one attached hydrogen (secondary N) is 2. The van der Waals surface area contributed by atoms with Crippen LogP contribution in [0.25, 0.3) is 0 Å². The number of hydrogen-bond acceptors (Lipinski definition) is 3. The fourth-order valence-electron chi connectivity index (χ4n) is 1.17. The van der Waals surface area contributed by atoms with E-state index >= 15 is 0 Å². The number of nitrogens with zero attached hydrogens (tertiary/aromatic N) is 1. The first-order chi connectivity index (χ1) is 6.11. The first-order valence-electron chi connectivity index (χ1n) is 4.32. The molecule has 1 unspecified atom stereocenters. The molecule has 1 heterocycles. The lowest BCUT2D eigenvalue weighted by Gasteiger charge is -2.23. The zero-order chi connectivity index (χ0) is 9.84. The molecule has 6 heteroatoms. The van der Waals surface area contributed by atoms with Crippen LogP contribution in [0.1, 0.15) is 6.42 Å². The van der Waals surface area contributed by atoms with Gasteiger partial charge in [0.15, 0.2) is 0 Å². The van der Waals surface area contributed by atoms with Crippen molar-refractivity contribution in [2.45, 2.75) is 12.5 Å². The Labute approximate surface area is 89.6 Å². The van der Waals surface area contributed by atoms with E-state index in [0.717, 1.165) is 6.54 Å². The van der Waals surface area contributed by atoms with Gasteiger partial charge in [-0.1, -0.05) is 0 Å². The molecule has 14 heavy (non-hydrogen) atoms. The summed E-state index contributed by atoms with van der Waals surface area (Å²) in [6.45, 7) is 1.38. The zero-order valence-corrected chi connectivity index (χ0v) is 9.19. The van der Waals surface area contributed by atoms with Gasteiger partial charge in [-0.3, -0.25) is 9.59 Å². The van der Waals surface area contributed by atoms with Crippen molar-refractivity contribution in [1.29, 1.82) is 0 Å². The predicted molar refractivity (Wildman–Crippen MR) is 55.4 cm³/mol. The Morgan fingerprint density at radius 3 is 2.64 bits per heavy atom. The van der Waals surface area contributed by atoms with Crippen molar-refractivity contribution >= 4 is 24.2 Å². The standard InChI is InChI=1S/C8H15N3O2.ClH/c1-11(2)7(12)5-6-8(13)10-4-3-9-6;/h6,9H,3-5H2,1-2H3,(H,10,13);1H. The van der Waals surface area contributed by atoms with E-state index in [0.29, 0.717) is 6.54 Å². The summed E-state index contributed by atoms with van der Waals surface area (Å²) in [7, 11) is 3.37. The Hall–Kier alpha value is -0.810. The second kappa shape index (κ2) is 5.82. The average Bonchev–Trinajstić information content (AvgIpc) is 2.08. The summed E-state index contributed by atoms with van der Waals surface area (Å²) < 4.78 is 0. The monoisotopic (exact) mass is 221 g/mol. The molecular formula is C8H16ClN3O2. The molecule has 1 rings (SSSR count). The van der Waals surface area contributed by atoms with Crippen molar-refractivity contribution in [3.05, 3.63) is 0 Å². The number of rotatable bonds is 2. The number of hydrogen-bond donors (Lipinski definition) is 2. The van der Waals surface area contributed by atoms with Gasteiger partial charge in [-0.25, -0.2) is 0 Å². The molecule has 0 radical (unpaired) electrons. The molecule has 1 aliphatic heterocycles. The number of halogens is 1. The van der Waals surface area contributed by atoms with E-state index in [1.807, 2.05) is 0 Å². The lowest BCUT2D eigenvalue weighted by Crippen LogP contribution is -2.54. The molecule has 1 atom stereocenters. The van der Waals surface area contributed by atoms with Crippen LogP contribution in [0.15, 0.2) is 0 Å². The van der Waals surface area contributed by atoms with E-state index in [-0.39, 0.29) is 36.7 Å². The smallest absolute Gasteiger partial charge is 0.237 e. The van der Waals surface area contributed by atoms with Crippen LogP contribution < -0.4 is 10.6 Å². The van der Waals surface area contributed by atoms with Gasteiger partial charge < -0.3 is 15.5 Å². The van der Waals surface area contributed by atoms with Crippen molar-refractivity contribution in [2.24, 2.45) is 0 Å². The largest absolute Gasteiger partial charge is 0.353 e. The average molecular weight is 222 g/mol. The Morgan fingerprint density at radius 1 is 1.50 bits per heavy atom. The van der Waals surface area contributed by atoms with Gasteiger partial charge in [-0.05, 0) is 0 Å². The molecule has 0 aromatic rings. The molecule has 0 aromatic heterocycles. The number of carbonyl (C=O) groups is 2. The van der Waals surface area contributed by atoms with Crippen molar-refractivity contribution in [1.82, 2.24) is 15.5 Å². The third kappa shape index (κ3) is 3.51. The van der Waals surface area contributed by atoms with Crippen molar-refractivity contribution in [2.75, 3.05) is 27.2 Å². The highest BCUT2D eigenvalue weighted by molar-refractivity contribution is 5.88. The molecule has 1 aliphatic rings. The third-order valence-electron chi connectivity index (χ3n) is 2.01. The molecule has 1 fully saturated rings. The van der Waals surface area contributed by atoms with E-state index in [1.54, 1.807) is 14.1 Å². The van der Waals surface area contributed by atoms with Gasteiger partial charge in [0.05, 0.1) is 12.5 Å². The fraction of sp³-hybridized carbons (Fsp3) is 0.750. The Balaban J connectivity index is 0.00000169. The van der Waals surface area contributed by atoms with E-state index in [4.69, 9.17) is 0 Å². The summed E-state index contributed by atoms with van der Waals surface area (Å²) >= 11 is 0. The van der Waals surface area contributed by atoms with Crippen molar-refractivity contribution in [3.8, 4) is 0 Å². The van der Waals surface area contributed by atoms with Crippen molar-refractivity contribution < 1.29 is 9.59 Å². The Bertz CT molecular complexity index is 221. The van der Waals surface area contributed by atoms with E-state index in [1.165, 1.54) is 4.90 Å². The summed E-state index contributed by atoms with van der Waals surface area (Å²) in [4.78, 5) is 24.0. The first kappa shape index (κ1) is 13.2. The lowest BCUT2D eigenvalue weighted by atomic mass is 10.1. The normalized spacial score (nSPS) is 20.7. The number of carbonyl (C=O) groups excluding carboxylic acids is 2. The maximum Gasteiger partial charge on any atom is 0.237 e. The number of amides is 2. The molecule has 2 N–H and O–H groups in total. The van der Waals surface area contributed by atoms with Crippen LogP contribution in [0.2, 0.25) is 0 Å². The van der Waals surface area contributed by atoms with Gasteiger partial charge in [0.2, 0.25) is 11.8 Å². The highest BCUT2D eigenvalue weighted by Crippen LogP contribution is 1.98. The molecule has 0 aromatic carbocycles. The van der Waals surface area contributed by atoms with Crippen LogP contribution in [-0.2, 0) is 9.59 Å². The SMILES string of the molecule is CN(C)C(=O)CC1NCCNC1=O.Cl. The molecule has 0 aliphatic carbocycles. The molecule has 2 amide bonds. The summed E-state index contributed by atoms with van der Waals surface area (Å²) in [5.41, 5.74) is 0. The quantitative estimate of drug-likeness (QED) is 0.627. The fourth-order valence-corrected chi connectivity index (χ4v) is 1.17. The minimum atomic E-state index is -0.358. The van der Waals surface area contributed by atoms with E-state index in [2.05, 4.69) is 10.6 Å². The van der Waals surface area contributed by atoms with Gasteiger partial charge in [-0.15, -0.1) is 12.4 Å².